The molecule has 53 valence electrons. The van der Waals surface area contributed by atoms with Gasteiger partial charge in [-0.15, -0.1) is 0 Å². The highest BCUT2D eigenvalue weighted by Gasteiger charge is 2.42. The molecule has 1 N–H and O–H groups in total. The standard InChI is InChI=1S/C4H5F3NO/c5-4(6,7)3-8-1-2-9-3/h2-3,8H,1H2. The largest absolute Gasteiger partial charge is 0.428 e. The zero-order valence-electron chi connectivity index (χ0n) is 4.40. The second kappa shape index (κ2) is 2.15. The third kappa shape index (κ3) is 1.56. The number of halogens is 3. The van der Waals surface area contributed by atoms with Gasteiger partial charge < -0.3 is 4.74 Å². The van der Waals surface area contributed by atoms with Crippen LogP contribution < -0.4 is 5.32 Å². The van der Waals surface area contributed by atoms with Gasteiger partial charge in [-0.1, -0.05) is 0 Å². The van der Waals surface area contributed by atoms with Gasteiger partial charge in [0.25, 0.3) is 0 Å². The van der Waals surface area contributed by atoms with E-state index in [1.54, 1.807) is 0 Å². The molecule has 0 bridgehead atoms. The maximum Gasteiger partial charge on any atom is 0.428 e. The average molecular weight is 140 g/mol. The minimum Gasteiger partial charge on any atom is -0.347 e. The van der Waals surface area contributed by atoms with Gasteiger partial charge >= 0.3 is 6.18 Å². The van der Waals surface area contributed by atoms with Crippen molar-refractivity contribution in [2.75, 3.05) is 6.54 Å². The summed E-state index contributed by atoms with van der Waals surface area (Å²) in [4.78, 5) is 0. The number of nitrogens with one attached hydrogen (secondary N) is 1. The fourth-order valence-electron chi connectivity index (χ4n) is 0.540. The number of hydrogen-bond donors (Lipinski definition) is 1. The Morgan fingerprint density at radius 2 is 2.22 bits per heavy atom. The Kier molecular flexibility index (Phi) is 1.63. The highest BCUT2D eigenvalue weighted by Crippen LogP contribution is 2.23. The number of hydrogen-bond acceptors (Lipinski definition) is 2. The Morgan fingerprint density at radius 3 is 2.44 bits per heavy atom. The second-order valence-corrected chi connectivity index (χ2v) is 1.63. The van der Waals surface area contributed by atoms with Gasteiger partial charge in [-0.25, -0.2) is 0 Å². The van der Waals surface area contributed by atoms with Gasteiger partial charge in [0.05, 0.1) is 0 Å². The molecule has 1 heterocycles. The van der Waals surface area contributed by atoms with Crippen molar-refractivity contribution in [3.05, 3.63) is 6.61 Å². The average Bonchev–Trinajstić information content (AvgIpc) is 2.08. The molecule has 1 fully saturated rings. The topological polar surface area (TPSA) is 21.3 Å². The maximum absolute atomic E-state index is 11.6. The fourth-order valence-corrected chi connectivity index (χ4v) is 0.540. The van der Waals surface area contributed by atoms with Gasteiger partial charge in [0, 0.05) is 6.54 Å². The molecular formula is C4H5F3NO. The molecule has 0 aromatic heterocycles. The Labute approximate surface area is 50.0 Å². The van der Waals surface area contributed by atoms with E-state index in [1.807, 2.05) is 0 Å². The lowest BCUT2D eigenvalue weighted by Gasteiger charge is -2.12. The van der Waals surface area contributed by atoms with E-state index in [1.165, 1.54) is 0 Å². The van der Waals surface area contributed by atoms with Crippen LogP contribution in [0.5, 0.6) is 0 Å². The Balaban J connectivity index is 2.42. The predicted molar refractivity (Wildman–Crippen MR) is 23.2 cm³/mol. The van der Waals surface area contributed by atoms with Gasteiger partial charge in [-0.3, -0.25) is 5.32 Å². The van der Waals surface area contributed by atoms with Crippen LogP contribution in [0.1, 0.15) is 0 Å². The number of ether oxygens (including phenoxy) is 1. The van der Waals surface area contributed by atoms with E-state index >= 15 is 0 Å². The van der Waals surface area contributed by atoms with Gasteiger partial charge in [0.1, 0.15) is 6.61 Å². The lowest BCUT2D eigenvalue weighted by Crippen LogP contribution is -2.38. The molecule has 0 amide bonds. The summed E-state index contributed by atoms with van der Waals surface area (Å²) in [6, 6.07) is 0. The quantitative estimate of drug-likeness (QED) is 0.533. The highest BCUT2D eigenvalue weighted by molar-refractivity contribution is 4.76. The van der Waals surface area contributed by atoms with E-state index in [9.17, 15) is 13.2 Å². The summed E-state index contributed by atoms with van der Waals surface area (Å²) in [5.74, 6) is 0. The summed E-state index contributed by atoms with van der Waals surface area (Å²) >= 11 is 0. The molecule has 1 radical (unpaired) electrons. The van der Waals surface area contributed by atoms with Crippen molar-refractivity contribution >= 4 is 0 Å². The Morgan fingerprint density at radius 1 is 1.56 bits per heavy atom. The highest BCUT2D eigenvalue weighted by atomic mass is 19.4. The summed E-state index contributed by atoms with van der Waals surface area (Å²) < 4.78 is 38.8. The van der Waals surface area contributed by atoms with E-state index < -0.39 is 12.4 Å². The van der Waals surface area contributed by atoms with Crippen LogP contribution in [0, 0.1) is 6.61 Å². The van der Waals surface area contributed by atoms with Crippen molar-refractivity contribution in [1.82, 2.24) is 5.32 Å². The Hall–Kier alpha value is -0.290. The van der Waals surface area contributed by atoms with Crippen LogP contribution in [0.15, 0.2) is 0 Å². The van der Waals surface area contributed by atoms with Crippen LogP contribution in [-0.4, -0.2) is 18.9 Å². The first-order chi connectivity index (χ1) is 4.11. The molecule has 0 aromatic carbocycles. The summed E-state index contributed by atoms with van der Waals surface area (Å²) in [7, 11) is 0. The molecular weight excluding hydrogens is 135 g/mol. The smallest absolute Gasteiger partial charge is 0.347 e. The van der Waals surface area contributed by atoms with E-state index in [4.69, 9.17) is 0 Å². The molecule has 1 atom stereocenters. The van der Waals surface area contributed by atoms with Crippen molar-refractivity contribution in [2.24, 2.45) is 0 Å². The van der Waals surface area contributed by atoms with Gasteiger partial charge in [-0.2, -0.15) is 13.2 Å². The number of alkyl halides is 3. The molecule has 0 aliphatic carbocycles. The molecule has 1 rings (SSSR count). The monoisotopic (exact) mass is 140 g/mol. The van der Waals surface area contributed by atoms with Crippen LogP contribution in [-0.2, 0) is 4.74 Å². The third-order valence-corrected chi connectivity index (χ3v) is 0.916. The van der Waals surface area contributed by atoms with Crippen LogP contribution >= 0.6 is 0 Å². The maximum atomic E-state index is 11.6. The lowest BCUT2D eigenvalue weighted by atomic mass is 10.6. The van der Waals surface area contributed by atoms with E-state index in [0.29, 0.717) is 0 Å². The molecule has 0 aromatic rings. The Bertz CT molecular complexity index is 96.5. The number of rotatable bonds is 0. The normalized spacial score (nSPS) is 29.0. The summed E-state index contributed by atoms with van der Waals surface area (Å²) in [6.07, 6.45) is -6.08. The molecule has 0 spiro atoms. The first-order valence-electron chi connectivity index (χ1n) is 2.38. The summed E-state index contributed by atoms with van der Waals surface area (Å²) in [5.41, 5.74) is 0. The zero-order chi connectivity index (χ0) is 6.91. The van der Waals surface area contributed by atoms with E-state index in [-0.39, 0.29) is 6.54 Å². The molecule has 1 unspecified atom stereocenters. The minimum atomic E-state index is -4.28. The molecule has 5 heteroatoms. The van der Waals surface area contributed by atoms with Crippen molar-refractivity contribution in [3.63, 3.8) is 0 Å². The molecule has 1 aliphatic rings. The van der Waals surface area contributed by atoms with Crippen molar-refractivity contribution in [1.29, 1.82) is 0 Å². The molecule has 9 heavy (non-hydrogen) atoms. The molecule has 1 saturated heterocycles. The van der Waals surface area contributed by atoms with Crippen molar-refractivity contribution < 1.29 is 17.9 Å². The lowest BCUT2D eigenvalue weighted by molar-refractivity contribution is -0.207. The van der Waals surface area contributed by atoms with Crippen LogP contribution in [0.2, 0.25) is 0 Å². The summed E-state index contributed by atoms with van der Waals surface area (Å²) in [5, 5.41) is 2.09. The second-order valence-electron chi connectivity index (χ2n) is 1.63. The van der Waals surface area contributed by atoms with Crippen LogP contribution in [0.3, 0.4) is 0 Å². The van der Waals surface area contributed by atoms with E-state index in [2.05, 4.69) is 10.1 Å². The van der Waals surface area contributed by atoms with Crippen LogP contribution in [0.25, 0.3) is 0 Å². The molecule has 0 saturated carbocycles. The van der Waals surface area contributed by atoms with Crippen molar-refractivity contribution in [3.8, 4) is 0 Å². The zero-order valence-corrected chi connectivity index (χ0v) is 4.40. The van der Waals surface area contributed by atoms with E-state index in [0.717, 1.165) is 6.61 Å². The fraction of sp³-hybridized carbons (Fsp3) is 0.750. The van der Waals surface area contributed by atoms with Gasteiger partial charge in [0.2, 0.25) is 6.23 Å². The van der Waals surface area contributed by atoms with Crippen LogP contribution in [0.4, 0.5) is 13.2 Å². The molecule has 1 aliphatic heterocycles. The first-order valence-corrected chi connectivity index (χ1v) is 2.38. The molecule has 2 nitrogen and oxygen atoms in total. The van der Waals surface area contributed by atoms with Gasteiger partial charge in [-0.05, 0) is 0 Å². The first kappa shape index (κ1) is 6.82. The minimum absolute atomic E-state index is 0.157. The van der Waals surface area contributed by atoms with Gasteiger partial charge in [0.15, 0.2) is 0 Å². The third-order valence-electron chi connectivity index (χ3n) is 0.916. The SMILES string of the molecule is FC(F)(F)C1NC[CH]O1. The van der Waals surface area contributed by atoms with Crippen molar-refractivity contribution in [2.45, 2.75) is 12.4 Å². The predicted octanol–water partition coefficient (Wildman–Crippen LogP) is 0.656. The summed E-state index contributed by atoms with van der Waals surface area (Å²) in [6.45, 7) is 1.25.